The molecule has 92 valence electrons. The fraction of sp³-hybridized carbons (Fsp3) is 0. The van der Waals surface area contributed by atoms with Gasteiger partial charge in [-0.15, -0.1) is 0 Å². The molecule has 0 aliphatic carbocycles. The lowest BCUT2D eigenvalue weighted by Gasteiger charge is -2.03. The second-order valence-corrected chi connectivity index (χ2v) is 4.45. The van der Waals surface area contributed by atoms with Gasteiger partial charge in [0, 0.05) is 17.8 Å². The molecule has 0 saturated heterocycles. The van der Waals surface area contributed by atoms with Gasteiger partial charge in [-0.05, 0) is 0 Å². The Labute approximate surface area is 94.2 Å². The molecule has 0 bridgehead atoms. The molecular weight excluding hydrogens is 256 g/mol. The molecule has 0 aliphatic heterocycles. The summed E-state index contributed by atoms with van der Waals surface area (Å²) >= 11 is 0. The van der Waals surface area contributed by atoms with Gasteiger partial charge in [-0.3, -0.25) is 20.2 Å². The van der Waals surface area contributed by atoms with Crippen molar-refractivity contribution < 1.29 is 18.3 Å². The third-order valence-electron chi connectivity index (χ3n) is 1.75. The van der Waals surface area contributed by atoms with Gasteiger partial charge in [0.05, 0.1) is 9.85 Å². The molecule has 0 heterocycles. The molecule has 1 aromatic carbocycles. The van der Waals surface area contributed by atoms with Crippen LogP contribution in [-0.2, 0) is 10.0 Å². The second-order valence-electron chi connectivity index (χ2n) is 2.95. The lowest BCUT2D eigenvalue weighted by atomic mass is 10.2. The van der Waals surface area contributed by atoms with Crippen molar-refractivity contribution in [3.05, 3.63) is 32.4 Å². The Morgan fingerprint density at radius 2 is 1.41 bits per heavy atom. The smallest absolute Gasteiger partial charge is 0.298 e. The zero-order valence-corrected chi connectivity index (χ0v) is 8.88. The first-order chi connectivity index (χ1) is 7.64. The summed E-state index contributed by atoms with van der Waals surface area (Å²) in [6.07, 6.45) is 0. The van der Waals surface area contributed by atoms with E-state index >= 15 is 0 Å². The van der Waals surface area contributed by atoms with Crippen molar-refractivity contribution in [3.8, 4) is 0 Å². The van der Waals surface area contributed by atoms with Crippen LogP contribution in [0.3, 0.4) is 0 Å². The molecule has 0 aromatic heterocycles. The number of anilines is 1. The van der Waals surface area contributed by atoms with E-state index in [2.05, 4.69) is 0 Å². The normalized spacial score (nSPS) is 11.1. The Balaban J connectivity index is 3.85. The van der Waals surface area contributed by atoms with Gasteiger partial charge in [-0.1, -0.05) is 0 Å². The third kappa shape index (κ3) is 2.46. The van der Waals surface area contributed by atoms with Crippen LogP contribution in [0.2, 0.25) is 0 Å². The van der Waals surface area contributed by atoms with E-state index in [1.54, 1.807) is 0 Å². The maximum Gasteiger partial charge on any atom is 0.298 e. The highest BCUT2D eigenvalue weighted by Crippen LogP contribution is 2.34. The predicted molar refractivity (Wildman–Crippen MR) is 55.5 cm³/mol. The molecule has 0 aliphatic rings. The first-order valence-electron chi connectivity index (χ1n) is 3.89. The number of nitro groups is 2. The number of nitrogens with two attached hydrogens (primary N) is 2. The number of rotatable bonds is 3. The molecule has 10 nitrogen and oxygen atoms in total. The summed E-state index contributed by atoms with van der Waals surface area (Å²) in [5.41, 5.74) is 2.84. The van der Waals surface area contributed by atoms with Crippen molar-refractivity contribution in [2.24, 2.45) is 5.14 Å². The zero-order chi connectivity index (χ0) is 13.4. The Bertz CT molecular complexity index is 574. The number of hydrogen-bond donors (Lipinski definition) is 2. The van der Waals surface area contributed by atoms with Crippen LogP contribution in [0.25, 0.3) is 0 Å². The lowest BCUT2D eigenvalue weighted by molar-refractivity contribution is -0.399. The molecular formula is C6H6N4O6S. The fourth-order valence-electron chi connectivity index (χ4n) is 1.18. The zero-order valence-electron chi connectivity index (χ0n) is 8.06. The largest absolute Gasteiger partial charge is 0.398 e. The van der Waals surface area contributed by atoms with E-state index in [1.807, 2.05) is 0 Å². The molecule has 11 heteroatoms. The fourth-order valence-corrected chi connectivity index (χ4v) is 2.03. The van der Waals surface area contributed by atoms with E-state index in [0.29, 0.717) is 12.1 Å². The number of benzene rings is 1. The summed E-state index contributed by atoms with van der Waals surface area (Å²) in [6, 6.07) is 1.37. The van der Waals surface area contributed by atoms with Crippen LogP contribution in [0, 0.1) is 20.2 Å². The molecule has 0 fully saturated rings. The van der Waals surface area contributed by atoms with Gasteiger partial charge in [0.25, 0.3) is 21.4 Å². The molecule has 4 N–H and O–H groups in total. The number of primary sulfonamides is 1. The molecule has 1 aromatic rings. The molecule has 0 atom stereocenters. The van der Waals surface area contributed by atoms with Crippen molar-refractivity contribution in [2.75, 3.05) is 5.73 Å². The summed E-state index contributed by atoms with van der Waals surface area (Å²) in [4.78, 5) is 17.8. The molecule has 0 spiro atoms. The third-order valence-corrected chi connectivity index (χ3v) is 2.74. The number of nitrogen functional groups attached to an aromatic ring is 1. The van der Waals surface area contributed by atoms with Crippen LogP contribution in [0.15, 0.2) is 17.0 Å². The molecule has 0 saturated carbocycles. The summed E-state index contributed by atoms with van der Waals surface area (Å²) in [7, 11) is -4.61. The monoisotopic (exact) mass is 262 g/mol. The van der Waals surface area contributed by atoms with Crippen LogP contribution >= 0.6 is 0 Å². The van der Waals surface area contributed by atoms with Gasteiger partial charge in [-0.25, -0.2) is 13.6 Å². The van der Waals surface area contributed by atoms with Crippen molar-refractivity contribution in [2.45, 2.75) is 4.90 Å². The van der Waals surface area contributed by atoms with E-state index in [1.165, 1.54) is 0 Å². The lowest BCUT2D eigenvalue weighted by Crippen LogP contribution is -2.16. The minimum absolute atomic E-state index is 0.309. The van der Waals surface area contributed by atoms with Crippen LogP contribution in [0.1, 0.15) is 0 Å². The number of hydrogen-bond acceptors (Lipinski definition) is 7. The molecule has 0 radical (unpaired) electrons. The highest BCUT2D eigenvalue weighted by atomic mass is 32.2. The van der Waals surface area contributed by atoms with E-state index in [0.717, 1.165) is 0 Å². The van der Waals surface area contributed by atoms with Gasteiger partial charge < -0.3 is 5.73 Å². The van der Waals surface area contributed by atoms with Gasteiger partial charge >= 0.3 is 0 Å². The van der Waals surface area contributed by atoms with Gasteiger partial charge in [0.15, 0.2) is 0 Å². The van der Waals surface area contributed by atoms with Gasteiger partial charge in [0.2, 0.25) is 4.90 Å². The van der Waals surface area contributed by atoms with Gasteiger partial charge in [0.1, 0.15) is 0 Å². The van der Waals surface area contributed by atoms with Crippen LogP contribution in [0.4, 0.5) is 17.1 Å². The van der Waals surface area contributed by atoms with Crippen molar-refractivity contribution in [1.29, 1.82) is 0 Å². The van der Waals surface area contributed by atoms with E-state index in [9.17, 15) is 28.6 Å². The maximum atomic E-state index is 11.1. The highest BCUT2D eigenvalue weighted by molar-refractivity contribution is 7.89. The molecule has 17 heavy (non-hydrogen) atoms. The van der Waals surface area contributed by atoms with Crippen LogP contribution in [-0.4, -0.2) is 18.3 Å². The summed E-state index contributed by atoms with van der Waals surface area (Å²) in [5.74, 6) is 0. The standard InChI is InChI=1S/C6H6N4O6S/c7-3-1-4(9(11)12)6(17(8,15)16)5(2-3)10(13)14/h1-2H,7H2,(H2,8,15,16). The second kappa shape index (κ2) is 3.95. The number of nitrogens with zero attached hydrogens (tertiary/aromatic N) is 2. The van der Waals surface area contributed by atoms with Gasteiger partial charge in [-0.2, -0.15) is 0 Å². The Kier molecular flexibility index (Phi) is 2.97. The quantitative estimate of drug-likeness (QED) is 0.428. The van der Waals surface area contributed by atoms with Crippen molar-refractivity contribution >= 4 is 27.1 Å². The number of sulfonamides is 1. The van der Waals surface area contributed by atoms with Crippen LogP contribution in [0.5, 0.6) is 0 Å². The highest BCUT2D eigenvalue weighted by Gasteiger charge is 2.34. The maximum absolute atomic E-state index is 11.1. The minimum Gasteiger partial charge on any atom is -0.398 e. The summed E-state index contributed by atoms with van der Waals surface area (Å²) < 4.78 is 22.2. The van der Waals surface area contributed by atoms with E-state index in [4.69, 9.17) is 10.9 Å². The van der Waals surface area contributed by atoms with Crippen molar-refractivity contribution in [3.63, 3.8) is 0 Å². The first-order valence-corrected chi connectivity index (χ1v) is 5.44. The average Bonchev–Trinajstić information content (AvgIpc) is 2.14. The number of nitro benzene ring substituents is 2. The predicted octanol–water partition coefficient (Wildman–Crippen LogP) is -0.267. The Hall–Kier alpha value is -2.27. The minimum atomic E-state index is -4.61. The average molecular weight is 262 g/mol. The summed E-state index contributed by atoms with van der Waals surface area (Å²) in [5, 5.41) is 25.9. The molecule has 0 amide bonds. The Morgan fingerprint density at radius 3 is 1.65 bits per heavy atom. The topological polar surface area (TPSA) is 172 Å². The van der Waals surface area contributed by atoms with Crippen molar-refractivity contribution in [1.82, 2.24) is 0 Å². The van der Waals surface area contributed by atoms with E-state index < -0.39 is 36.1 Å². The first kappa shape index (κ1) is 12.8. The molecule has 0 unspecified atom stereocenters. The SMILES string of the molecule is Nc1cc([N+](=O)[O-])c(S(N)(=O)=O)c([N+](=O)[O-])c1. The van der Waals surface area contributed by atoms with Crippen LogP contribution < -0.4 is 10.9 Å². The molecule has 1 rings (SSSR count). The Morgan fingerprint density at radius 1 is 1.06 bits per heavy atom. The van der Waals surface area contributed by atoms with E-state index in [-0.39, 0.29) is 5.69 Å². The summed E-state index contributed by atoms with van der Waals surface area (Å²) in [6.45, 7) is 0.